The number of esters is 1. The molecule has 0 N–H and O–H groups in total. The highest BCUT2D eigenvalue weighted by molar-refractivity contribution is 5.91. The summed E-state index contributed by atoms with van der Waals surface area (Å²) in [6, 6.07) is 0. The molecule has 1 unspecified atom stereocenters. The van der Waals surface area contributed by atoms with Gasteiger partial charge in [-0.2, -0.15) is 0 Å². The van der Waals surface area contributed by atoms with Gasteiger partial charge in [-0.15, -0.1) is 0 Å². The molecule has 1 atom stereocenters. The van der Waals surface area contributed by atoms with Crippen LogP contribution >= 0.6 is 0 Å². The zero-order valence-electron chi connectivity index (χ0n) is 19.2. The molecule has 2 rings (SSSR count). The number of carbonyl (C=O) groups excluding carboxylic acids is 2. The summed E-state index contributed by atoms with van der Waals surface area (Å²) in [7, 11) is 0. The monoisotopic (exact) mass is 421 g/mol. The average molecular weight is 422 g/mol. The van der Waals surface area contributed by atoms with Gasteiger partial charge in [-0.1, -0.05) is 6.92 Å². The van der Waals surface area contributed by atoms with E-state index in [-0.39, 0.29) is 18.0 Å². The first kappa shape index (κ1) is 23.8. The molecule has 0 spiro atoms. The second-order valence-corrected chi connectivity index (χ2v) is 9.50. The Balaban J connectivity index is 2.12. The van der Waals surface area contributed by atoms with Crippen molar-refractivity contribution in [2.75, 3.05) is 13.1 Å². The predicted octanol–water partition coefficient (Wildman–Crippen LogP) is 4.00. The van der Waals surface area contributed by atoms with Gasteiger partial charge in [-0.05, 0) is 48.0 Å². The van der Waals surface area contributed by atoms with Gasteiger partial charge in [0, 0.05) is 31.8 Å². The lowest BCUT2D eigenvalue weighted by atomic mass is 10.2. The van der Waals surface area contributed by atoms with Crippen LogP contribution in [0.3, 0.4) is 0 Å². The number of nitrogens with zero attached hydrogens (tertiary/aromatic N) is 3. The molecule has 1 aliphatic rings. The first-order valence-corrected chi connectivity index (χ1v) is 10.5. The molecule has 1 aromatic heterocycles. The van der Waals surface area contributed by atoms with Gasteiger partial charge in [0.25, 0.3) is 0 Å². The third-order valence-corrected chi connectivity index (χ3v) is 4.10. The molecule has 0 radical (unpaired) electrons. The Labute approximate surface area is 179 Å². The van der Waals surface area contributed by atoms with Crippen LogP contribution in [0.4, 0.5) is 4.79 Å². The zero-order valence-corrected chi connectivity index (χ0v) is 19.2. The summed E-state index contributed by atoms with van der Waals surface area (Å²) in [5.74, 6) is -0.467. The predicted molar refractivity (Wildman–Crippen MR) is 114 cm³/mol. The quantitative estimate of drug-likeness (QED) is 0.392. The van der Waals surface area contributed by atoms with Crippen molar-refractivity contribution in [2.24, 2.45) is 0 Å². The number of aryl methyl sites for hydroxylation is 1. The minimum atomic E-state index is -0.653. The summed E-state index contributed by atoms with van der Waals surface area (Å²) in [5, 5.41) is 0. The number of rotatable bonds is 6. The molecule has 1 aliphatic heterocycles. The molecule has 0 bridgehead atoms. The molecule has 1 amide bonds. The summed E-state index contributed by atoms with van der Waals surface area (Å²) in [6.07, 6.45) is 6.06. The molecule has 0 aromatic carbocycles. The van der Waals surface area contributed by atoms with Gasteiger partial charge in [-0.3, -0.25) is 0 Å². The molecule has 1 saturated heterocycles. The Bertz CT molecular complexity index is 770. The number of carbonyl (C=O) groups is 2. The van der Waals surface area contributed by atoms with Gasteiger partial charge in [0.05, 0.1) is 18.6 Å². The van der Waals surface area contributed by atoms with Crippen LogP contribution in [0.2, 0.25) is 0 Å². The average Bonchev–Trinajstić information content (AvgIpc) is 3.21. The molecule has 1 fully saturated rings. The molecule has 168 valence electrons. The fraction of sp³-hybridized carbons (Fsp3) is 0.682. The van der Waals surface area contributed by atoms with Gasteiger partial charge in [-0.25, -0.2) is 14.6 Å². The first-order valence-electron chi connectivity index (χ1n) is 10.5. The molecule has 8 nitrogen and oxygen atoms in total. The molecule has 8 heteroatoms. The summed E-state index contributed by atoms with van der Waals surface area (Å²) < 4.78 is 18.9. The molecule has 0 aliphatic carbocycles. The highest BCUT2D eigenvalue weighted by Gasteiger charge is 2.33. The number of hydrogen-bond donors (Lipinski definition) is 0. The Morgan fingerprint density at radius 1 is 1.17 bits per heavy atom. The van der Waals surface area contributed by atoms with E-state index < -0.39 is 17.2 Å². The summed E-state index contributed by atoms with van der Waals surface area (Å²) in [5.41, 5.74) is -0.597. The van der Waals surface area contributed by atoms with Crippen molar-refractivity contribution in [2.45, 2.75) is 85.2 Å². The lowest BCUT2D eigenvalue weighted by Gasteiger charge is -2.25. The number of hydrogen-bond acceptors (Lipinski definition) is 6. The summed E-state index contributed by atoms with van der Waals surface area (Å²) >= 11 is 0. The molecule has 1 aromatic rings. The normalized spacial score (nSPS) is 17.8. The lowest BCUT2D eigenvalue weighted by Crippen LogP contribution is -2.36. The maximum atomic E-state index is 12.7. The van der Waals surface area contributed by atoms with Crippen LogP contribution < -0.4 is 0 Å². The van der Waals surface area contributed by atoms with E-state index in [2.05, 4.69) is 11.9 Å². The Morgan fingerprint density at radius 3 is 2.43 bits per heavy atom. The number of ether oxygens (including phenoxy) is 3. The maximum Gasteiger partial charge on any atom is 0.410 e. The summed E-state index contributed by atoms with van der Waals surface area (Å²) in [4.78, 5) is 31.0. The van der Waals surface area contributed by atoms with Crippen molar-refractivity contribution in [3.05, 3.63) is 24.0 Å². The topological polar surface area (TPSA) is 82.9 Å². The Hall–Kier alpha value is -2.51. The van der Waals surface area contributed by atoms with Crippen LogP contribution in [0.15, 0.2) is 18.3 Å². The molecule has 2 heterocycles. The number of amides is 1. The van der Waals surface area contributed by atoms with Crippen LogP contribution in [0.1, 0.15) is 67.0 Å². The fourth-order valence-electron chi connectivity index (χ4n) is 2.93. The molecule has 0 saturated carbocycles. The van der Waals surface area contributed by atoms with E-state index in [1.807, 2.05) is 31.5 Å². The van der Waals surface area contributed by atoms with Crippen LogP contribution in [0, 0.1) is 0 Å². The van der Waals surface area contributed by atoms with Crippen molar-refractivity contribution < 1.29 is 23.8 Å². The molecular weight excluding hydrogens is 386 g/mol. The van der Waals surface area contributed by atoms with E-state index in [9.17, 15) is 9.59 Å². The van der Waals surface area contributed by atoms with E-state index in [4.69, 9.17) is 14.2 Å². The highest BCUT2D eigenvalue weighted by atomic mass is 16.6. The third-order valence-electron chi connectivity index (χ3n) is 4.10. The Morgan fingerprint density at radius 2 is 1.83 bits per heavy atom. The minimum absolute atomic E-state index is 0.0858. The number of imidazole rings is 1. The van der Waals surface area contributed by atoms with Crippen molar-refractivity contribution in [1.82, 2.24) is 14.5 Å². The minimum Gasteiger partial charge on any atom is -0.481 e. The second-order valence-electron chi connectivity index (χ2n) is 9.50. The third kappa shape index (κ3) is 7.72. The van der Waals surface area contributed by atoms with Gasteiger partial charge >= 0.3 is 12.1 Å². The van der Waals surface area contributed by atoms with Gasteiger partial charge in [0.2, 0.25) is 5.76 Å². The van der Waals surface area contributed by atoms with Crippen LogP contribution in [0.25, 0.3) is 6.08 Å². The van der Waals surface area contributed by atoms with Crippen LogP contribution in [0.5, 0.6) is 0 Å². The largest absolute Gasteiger partial charge is 0.481 e. The first-order chi connectivity index (χ1) is 13.9. The van der Waals surface area contributed by atoms with Crippen LogP contribution in [-0.4, -0.2) is 56.9 Å². The van der Waals surface area contributed by atoms with E-state index in [1.165, 1.54) is 0 Å². The molecular formula is C22H35N3O5. The van der Waals surface area contributed by atoms with Crippen molar-refractivity contribution >= 4 is 18.1 Å². The highest BCUT2D eigenvalue weighted by Crippen LogP contribution is 2.22. The van der Waals surface area contributed by atoms with Gasteiger partial charge in [0.1, 0.15) is 17.3 Å². The van der Waals surface area contributed by atoms with E-state index in [0.717, 1.165) is 13.0 Å². The van der Waals surface area contributed by atoms with E-state index >= 15 is 0 Å². The van der Waals surface area contributed by atoms with E-state index in [0.29, 0.717) is 25.2 Å². The second kappa shape index (κ2) is 9.53. The zero-order chi connectivity index (χ0) is 22.5. The SMILES string of the molecule is CCCn1cnc(C=C(OC2CCN(C(=O)OC(C)(C)C)C2)C(=O)OC(C)(C)C)c1. The van der Waals surface area contributed by atoms with Gasteiger partial charge < -0.3 is 23.7 Å². The van der Waals surface area contributed by atoms with Crippen molar-refractivity contribution in [1.29, 1.82) is 0 Å². The van der Waals surface area contributed by atoms with Crippen molar-refractivity contribution in [3.8, 4) is 0 Å². The number of likely N-dealkylation sites (tertiary alicyclic amines) is 1. The Kier molecular flexibility index (Phi) is 7.55. The standard InChI is InChI=1S/C22H35N3O5/c1-8-10-24-13-16(23-15-24)12-18(19(26)29-21(2,3)4)28-17-9-11-25(14-17)20(27)30-22(5,6)7/h12-13,15,17H,8-11,14H2,1-7H3. The maximum absolute atomic E-state index is 12.7. The lowest BCUT2D eigenvalue weighted by molar-refractivity contribution is -0.154. The smallest absolute Gasteiger partial charge is 0.410 e. The van der Waals surface area contributed by atoms with Crippen molar-refractivity contribution in [3.63, 3.8) is 0 Å². The van der Waals surface area contributed by atoms with E-state index in [1.54, 1.807) is 38.1 Å². The molecule has 30 heavy (non-hydrogen) atoms. The van der Waals surface area contributed by atoms with Crippen LogP contribution in [-0.2, 0) is 25.5 Å². The number of aromatic nitrogens is 2. The van der Waals surface area contributed by atoms with Gasteiger partial charge in [0.15, 0.2) is 0 Å². The fourth-order valence-corrected chi connectivity index (χ4v) is 2.93. The summed E-state index contributed by atoms with van der Waals surface area (Å²) in [6.45, 7) is 14.7.